The molecule has 2 heterocycles. The summed E-state index contributed by atoms with van der Waals surface area (Å²) in [5, 5.41) is 11.3. The van der Waals surface area contributed by atoms with Crippen molar-refractivity contribution < 1.29 is 24.2 Å². The first kappa shape index (κ1) is 24.0. The van der Waals surface area contributed by atoms with Crippen LogP contribution >= 0.6 is 0 Å². The Morgan fingerprint density at radius 3 is 2.41 bits per heavy atom. The predicted molar refractivity (Wildman–Crippen MR) is 130 cm³/mol. The van der Waals surface area contributed by atoms with Crippen molar-refractivity contribution in [3.63, 3.8) is 0 Å². The Hall–Kier alpha value is -3.16. The molecule has 2 aliphatic rings. The minimum absolute atomic E-state index is 0.128. The number of aliphatic hydroxyl groups is 1. The van der Waals surface area contributed by atoms with Crippen molar-refractivity contribution in [1.29, 1.82) is 0 Å². The van der Waals surface area contributed by atoms with Crippen molar-refractivity contribution in [2.75, 3.05) is 46.0 Å². The highest BCUT2D eigenvalue weighted by Crippen LogP contribution is 2.40. The van der Waals surface area contributed by atoms with E-state index < -0.39 is 17.7 Å². The van der Waals surface area contributed by atoms with Gasteiger partial charge in [0.2, 0.25) is 0 Å². The normalized spacial score (nSPS) is 20.7. The maximum absolute atomic E-state index is 13.2. The van der Waals surface area contributed by atoms with Crippen molar-refractivity contribution in [1.82, 2.24) is 9.80 Å². The largest absolute Gasteiger partial charge is 0.507 e. The average molecular weight is 465 g/mol. The third kappa shape index (κ3) is 4.86. The highest BCUT2D eigenvalue weighted by molar-refractivity contribution is 6.46. The molecule has 1 amide bonds. The Morgan fingerprint density at radius 1 is 1.06 bits per heavy atom. The van der Waals surface area contributed by atoms with E-state index in [9.17, 15) is 14.7 Å². The number of morpholine rings is 1. The fraction of sp³-hybridized carbons (Fsp3) is 0.407. The van der Waals surface area contributed by atoms with Crippen LogP contribution in [0.15, 0.2) is 48.0 Å². The Bertz CT molecular complexity index is 1090. The minimum atomic E-state index is -0.654. The van der Waals surface area contributed by atoms with E-state index in [0.29, 0.717) is 44.2 Å². The van der Waals surface area contributed by atoms with Gasteiger partial charge in [0.25, 0.3) is 11.7 Å². The number of Topliss-reactive ketones (excluding diaryl/α,β-unsaturated/α-hetero) is 1. The fourth-order valence-electron chi connectivity index (χ4n) is 4.58. The number of hydrogen-bond acceptors (Lipinski definition) is 6. The van der Waals surface area contributed by atoms with Crippen LogP contribution in [0, 0.1) is 13.8 Å². The van der Waals surface area contributed by atoms with Crippen LogP contribution in [0.3, 0.4) is 0 Å². The summed E-state index contributed by atoms with van der Waals surface area (Å²) in [5.74, 6) is -0.696. The number of aliphatic hydroxyl groups excluding tert-OH is 1. The van der Waals surface area contributed by atoms with Gasteiger partial charge in [-0.25, -0.2) is 0 Å². The predicted octanol–water partition coefficient (Wildman–Crippen LogP) is 3.46. The van der Waals surface area contributed by atoms with Crippen molar-refractivity contribution in [3.05, 3.63) is 70.3 Å². The smallest absolute Gasteiger partial charge is 0.295 e. The molecule has 1 N–H and O–H groups in total. The monoisotopic (exact) mass is 464 g/mol. The molecule has 0 spiro atoms. The van der Waals surface area contributed by atoms with E-state index in [2.05, 4.69) is 4.90 Å². The van der Waals surface area contributed by atoms with E-state index in [-0.39, 0.29) is 11.3 Å². The molecule has 2 saturated heterocycles. The van der Waals surface area contributed by atoms with Crippen LogP contribution < -0.4 is 4.74 Å². The van der Waals surface area contributed by atoms with E-state index in [4.69, 9.17) is 9.47 Å². The second-order valence-electron chi connectivity index (χ2n) is 8.77. The molecule has 0 aromatic heterocycles. The lowest BCUT2D eigenvalue weighted by atomic mass is 9.93. The van der Waals surface area contributed by atoms with Crippen molar-refractivity contribution in [3.8, 4) is 5.75 Å². The van der Waals surface area contributed by atoms with Crippen LogP contribution in [0.1, 0.15) is 35.2 Å². The van der Waals surface area contributed by atoms with Gasteiger partial charge >= 0.3 is 0 Å². The molecule has 2 aromatic rings. The molecular weight excluding hydrogens is 432 g/mol. The van der Waals surface area contributed by atoms with Gasteiger partial charge in [-0.05, 0) is 50.1 Å². The summed E-state index contributed by atoms with van der Waals surface area (Å²) in [7, 11) is 0. The van der Waals surface area contributed by atoms with Crippen LogP contribution in [0.25, 0.3) is 5.76 Å². The van der Waals surface area contributed by atoms with Gasteiger partial charge in [-0.1, -0.05) is 29.8 Å². The number of nitrogens with zero attached hydrogens (tertiary/aromatic N) is 2. The van der Waals surface area contributed by atoms with Gasteiger partial charge in [0.05, 0.1) is 31.4 Å². The van der Waals surface area contributed by atoms with E-state index in [1.165, 1.54) is 0 Å². The second kappa shape index (κ2) is 10.4. The van der Waals surface area contributed by atoms with Crippen molar-refractivity contribution in [2.45, 2.75) is 26.8 Å². The quantitative estimate of drug-likeness (QED) is 0.384. The van der Waals surface area contributed by atoms with E-state index in [1.807, 2.05) is 51.1 Å². The van der Waals surface area contributed by atoms with Crippen LogP contribution in [0.2, 0.25) is 0 Å². The summed E-state index contributed by atoms with van der Waals surface area (Å²) < 4.78 is 11.0. The first-order valence-corrected chi connectivity index (χ1v) is 11.8. The maximum atomic E-state index is 13.2. The third-order valence-corrected chi connectivity index (χ3v) is 6.46. The Balaban J connectivity index is 1.74. The summed E-state index contributed by atoms with van der Waals surface area (Å²) in [4.78, 5) is 30.2. The van der Waals surface area contributed by atoms with Crippen LogP contribution in [0.4, 0.5) is 0 Å². The van der Waals surface area contributed by atoms with Gasteiger partial charge in [-0.15, -0.1) is 0 Å². The molecule has 180 valence electrons. The molecule has 0 aliphatic carbocycles. The number of ketones is 1. The van der Waals surface area contributed by atoms with Crippen molar-refractivity contribution >= 4 is 17.4 Å². The number of hydrogen-bond donors (Lipinski definition) is 1. The van der Waals surface area contributed by atoms with Gasteiger partial charge in [0.15, 0.2) is 0 Å². The Kier molecular flexibility index (Phi) is 7.34. The van der Waals surface area contributed by atoms with E-state index in [1.54, 1.807) is 17.0 Å². The van der Waals surface area contributed by atoms with Gasteiger partial charge in [0.1, 0.15) is 11.5 Å². The number of benzene rings is 2. The number of ether oxygens (including phenoxy) is 2. The molecule has 4 rings (SSSR count). The summed E-state index contributed by atoms with van der Waals surface area (Å²) in [5.41, 5.74) is 3.30. The van der Waals surface area contributed by atoms with Crippen LogP contribution in [-0.4, -0.2) is 72.6 Å². The zero-order chi connectivity index (χ0) is 24.2. The number of amides is 1. The van der Waals surface area contributed by atoms with Crippen LogP contribution in [-0.2, 0) is 14.3 Å². The molecule has 34 heavy (non-hydrogen) atoms. The lowest BCUT2D eigenvalue weighted by Gasteiger charge is -2.31. The van der Waals surface area contributed by atoms with E-state index in [0.717, 1.165) is 29.8 Å². The van der Waals surface area contributed by atoms with Gasteiger partial charge < -0.3 is 19.5 Å². The Morgan fingerprint density at radius 2 is 1.76 bits per heavy atom. The molecule has 2 aromatic carbocycles. The molecule has 1 atom stereocenters. The first-order valence-electron chi connectivity index (χ1n) is 11.8. The highest BCUT2D eigenvalue weighted by atomic mass is 16.5. The average Bonchev–Trinajstić information content (AvgIpc) is 3.08. The van der Waals surface area contributed by atoms with E-state index >= 15 is 0 Å². The molecule has 0 unspecified atom stereocenters. The topological polar surface area (TPSA) is 79.3 Å². The van der Waals surface area contributed by atoms with Gasteiger partial charge in [0, 0.05) is 31.7 Å². The number of likely N-dealkylation sites (tertiary alicyclic amines) is 1. The lowest BCUT2D eigenvalue weighted by Crippen LogP contribution is -2.42. The van der Waals surface area contributed by atoms with Gasteiger partial charge in [-0.2, -0.15) is 0 Å². The van der Waals surface area contributed by atoms with Gasteiger partial charge in [-0.3, -0.25) is 14.5 Å². The molecule has 0 radical (unpaired) electrons. The summed E-state index contributed by atoms with van der Waals surface area (Å²) in [6.45, 7) is 10.2. The number of carbonyl (C=O) groups excluding carboxylic acids is 2. The van der Waals surface area contributed by atoms with Crippen molar-refractivity contribution in [2.24, 2.45) is 0 Å². The standard InChI is InChI=1S/C27H32N2O5/c1-4-34-21-9-10-22(19(3)17-21)25(30)23-24(20-7-5-18(2)6-8-20)29(27(32)26(23)31)12-11-28-13-15-33-16-14-28/h5-10,17,24,30H,4,11-16H2,1-3H3/t24-/m1/s1. The molecule has 2 aliphatic heterocycles. The fourth-order valence-corrected chi connectivity index (χ4v) is 4.58. The molecule has 7 heteroatoms. The molecule has 2 fully saturated rings. The summed E-state index contributed by atoms with van der Waals surface area (Å²) >= 11 is 0. The summed E-state index contributed by atoms with van der Waals surface area (Å²) in [6, 6.07) is 12.4. The third-order valence-electron chi connectivity index (χ3n) is 6.46. The molecular formula is C27H32N2O5. The lowest BCUT2D eigenvalue weighted by molar-refractivity contribution is -0.140. The number of aryl methyl sites for hydroxylation is 2. The minimum Gasteiger partial charge on any atom is -0.507 e. The molecule has 0 bridgehead atoms. The maximum Gasteiger partial charge on any atom is 0.295 e. The Labute approximate surface area is 200 Å². The zero-order valence-corrected chi connectivity index (χ0v) is 20.0. The first-order chi connectivity index (χ1) is 16.4. The second-order valence-corrected chi connectivity index (χ2v) is 8.77. The van der Waals surface area contributed by atoms with Crippen LogP contribution in [0.5, 0.6) is 5.75 Å². The number of rotatable bonds is 7. The molecule has 7 nitrogen and oxygen atoms in total. The zero-order valence-electron chi connectivity index (χ0n) is 20.0. The highest BCUT2D eigenvalue weighted by Gasteiger charge is 2.46. The number of carbonyl (C=O) groups is 2. The summed E-state index contributed by atoms with van der Waals surface area (Å²) in [6.07, 6.45) is 0. The molecule has 0 saturated carbocycles. The SMILES string of the molecule is CCOc1ccc(C(O)=C2C(=O)C(=O)N(CCN3CCOCC3)[C@@H]2c2ccc(C)cc2)c(C)c1.